The average molecular weight is 488 g/mol. The van der Waals surface area contributed by atoms with E-state index in [1.54, 1.807) is 14.0 Å². The summed E-state index contributed by atoms with van der Waals surface area (Å²) in [5.74, 6) is 1.18. The highest BCUT2D eigenvalue weighted by Crippen LogP contribution is 2.42. The number of rotatable bonds is 9. The van der Waals surface area contributed by atoms with E-state index in [9.17, 15) is 9.59 Å². The van der Waals surface area contributed by atoms with Crippen LogP contribution in [-0.2, 0) is 19.7 Å². The summed E-state index contributed by atoms with van der Waals surface area (Å²) in [6.45, 7) is 13.5. The minimum atomic E-state index is -0.841. The van der Waals surface area contributed by atoms with E-state index in [0.717, 1.165) is 28.6 Å². The van der Waals surface area contributed by atoms with Crippen LogP contribution in [0.5, 0.6) is 5.75 Å². The van der Waals surface area contributed by atoms with Crippen molar-refractivity contribution in [3.05, 3.63) is 28.2 Å². The minimum absolute atomic E-state index is 0.00648. The molecule has 0 aliphatic carbocycles. The van der Waals surface area contributed by atoms with Crippen molar-refractivity contribution in [2.45, 2.75) is 78.7 Å². The first-order valence-corrected chi connectivity index (χ1v) is 11.7. The minimum Gasteiger partial charge on any atom is -0.495 e. The van der Waals surface area contributed by atoms with Crippen molar-refractivity contribution in [1.82, 2.24) is 0 Å². The quantitative estimate of drug-likeness (QED) is 0.371. The number of benzene rings is 1. The lowest BCUT2D eigenvalue weighted by atomic mass is 9.75. The van der Waals surface area contributed by atoms with Gasteiger partial charge in [-0.2, -0.15) is 0 Å². The Balaban J connectivity index is 3.15. The molecule has 0 fully saturated rings. The summed E-state index contributed by atoms with van der Waals surface area (Å²) in [6.07, 6.45) is 2.36. The molecule has 1 rings (SSSR count). The van der Waals surface area contributed by atoms with Gasteiger partial charge in [0.1, 0.15) is 11.4 Å². The molecule has 0 aliphatic rings. The van der Waals surface area contributed by atoms with Crippen LogP contribution >= 0.6 is 27.7 Å². The first-order valence-electron chi connectivity index (χ1n) is 9.92. The second-order valence-corrected chi connectivity index (χ2v) is 11.5. The third-order valence-corrected chi connectivity index (χ3v) is 6.77. The van der Waals surface area contributed by atoms with Crippen LogP contribution < -0.4 is 4.74 Å². The molecule has 4 nitrogen and oxygen atoms in total. The molecule has 0 spiro atoms. The molecule has 0 aromatic heterocycles. The molecular weight excluding hydrogens is 452 g/mol. The first kappa shape index (κ1) is 26.0. The van der Waals surface area contributed by atoms with Gasteiger partial charge in [0.05, 0.1) is 17.0 Å². The Morgan fingerprint density at radius 2 is 1.69 bits per heavy atom. The van der Waals surface area contributed by atoms with Gasteiger partial charge in [0.15, 0.2) is 5.12 Å². The highest BCUT2D eigenvalue weighted by atomic mass is 79.9. The molecule has 0 aliphatic heterocycles. The Labute approximate surface area is 188 Å². The van der Waals surface area contributed by atoms with Gasteiger partial charge < -0.3 is 9.47 Å². The zero-order chi connectivity index (χ0) is 22.5. The maximum atomic E-state index is 13.3. The largest absolute Gasteiger partial charge is 0.495 e. The van der Waals surface area contributed by atoms with Crippen molar-refractivity contribution in [2.24, 2.45) is 5.41 Å². The van der Waals surface area contributed by atoms with E-state index in [1.165, 1.54) is 11.8 Å². The maximum Gasteiger partial charge on any atom is 0.316 e. The predicted molar refractivity (Wildman–Crippen MR) is 125 cm³/mol. The number of hydrogen-bond acceptors (Lipinski definition) is 5. The maximum absolute atomic E-state index is 13.3. The van der Waals surface area contributed by atoms with Crippen LogP contribution in [0, 0.1) is 5.41 Å². The van der Waals surface area contributed by atoms with E-state index >= 15 is 0 Å². The third kappa shape index (κ3) is 7.97. The van der Waals surface area contributed by atoms with Crippen LogP contribution in [0.3, 0.4) is 0 Å². The van der Waals surface area contributed by atoms with Crippen LogP contribution in [-0.4, -0.2) is 29.5 Å². The molecule has 1 unspecified atom stereocenters. The number of thioether (sulfide) groups is 1. The number of hydrogen-bond donors (Lipinski definition) is 0. The summed E-state index contributed by atoms with van der Waals surface area (Å²) in [7, 11) is 1.61. The van der Waals surface area contributed by atoms with Crippen LogP contribution in [0.4, 0.5) is 0 Å². The zero-order valence-corrected chi connectivity index (χ0v) is 21.4. The highest BCUT2D eigenvalue weighted by Gasteiger charge is 2.41. The Morgan fingerprint density at radius 1 is 1.07 bits per heavy atom. The number of esters is 1. The molecule has 6 heteroatoms. The van der Waals surface area contributed by atoms with Crippen molar-refractivity contribution in [1.29, 1.82) is 0 Å². The van der Waals surface area contributed by atoms with Crippen molar-refractivity contribution >= 4 is 38.8 Å². The van der Waals surface area contributed by atoms with Gasteiger partial charge in [-0.05, 0) is 67.9 Å². The van der Waals surface area contributed by atoms with Gasteiger partial charge in [0.2, 0.25) is 0 Å². The summed E-state index contributed by atoms with van der Waals surface area (Å²) < 4.78 is 12.2. The van der Waals surface area contributed by atoms with Crippen LogP contribution in [0.15, 0.2) is 22.7 Å². The molecule has 0 N–H and O–H groups in total. The molecule has 1 atom stereocenters. The Morgan fingerprint density at radius 3 is 2.21 bits per heavy atom. The van der Waals surface area contributed by atoms with Gasteiger partial charge in [-0.1, -0.05) is 44.2 Å². The molecule has 0 heterocycles. The molecule has 29 heavy (non-hydrogen) atoms. The Kier molecular flexibility index (Phi) is 9.28. The number of methoxy groups -OCH3 is 1. The van der Waals surface area contributed by atoms with E-state index in [1.807, 2.05) is 45.9 Å². The molecule has 0 saturated heterocycles. The van der Waals surface area contributed by atoms with Gasteiger partial charge in [-0.15, -0.1) is 0 Å². The first-order chi connectivity index (χ1) is 13.2. The molecule has 0 radical (unpaired) electrons. The van der Waals surface area contributed by atoms with Gasteiger partial charge >= 0.3 is 5.97 Å². The second-order valence-electron chi connectivity index (χ2n) is 9.45. The zero-order valence-electron chi connectivity index (χ0n) is 19.0. The monoisotopic (exact) mass is 486 g/mol. The third-order valence-electron chi connectivity index (χ3n) is 4.81. The van der Waals surface area contributed by atoms with E-state index < -0.39 is 11.0 Å². The van der Waals surface area contributed by atoms with Gasteiger partial charge in [-0.25, -0.2) is 0 Å². The fourth-order valence-corrected chi connectivity index (χ4v) is 4.44. The molecule has 0 saturated carbocycles. The van der Waals surface area contributed by atoms with Crippen LogP contribution in [0.2, 0.25) is 0 Å². The molecule has 1 aromatic carbocycles. The van der Waals surface area contributed by atoms with Gasteiger partial charge in [-0.3, -0.25) is 9.59 Å². The highest BCUT2D eigenvalue weighted by molar-refractivity contribution is 9.10. The fraction of sp³-hybridized carbons (Fsp3) is 0.652. The number of halogens is 1. The number of carbonyl (C=O) groups is 2. The summed E-state index contributed by atoms with van der Waals surface area (Å²) in [5, 5.41) is 0.135. The molecule has 0 bridgehead atoms. The molecule has 164 valence electrons. The predicted octanol–water partition coefficient (Wildman–Crippen LogP) is 6.53. The molecular formula is C23H35BrO4S. The number of ether oxygens (including phenoxy) is 2. The SMILES string of the molecule is COc1c(Br)cccc1C(C)(CCCC(C)(C)CSC(C)=O)C(=O)OC(C)(C)C. The molecule has 1 aromatic rings. The van der Waals surface area contributed by atoms with Crippen molar-refractivity contribution in [2.75, 3.05) is 12.9 Å². The van der Waals surface area contributed by atoms with E-state index in [-0.39, 0.29) is 16.5 Å². The topological polar surface area (TPSA) is 52.6 Å². The van der Waals surface area contributed by atoms with Gasteiger partial charge in [0.25, 0.3) is 0 Å². The Hall–Kier alpha value is -1.01. The summed E-state index contributed by atoms with van der Waals surface area (Å²) in [6, 6.07) is 5.75. The van der Waals surface area contributed by atoms with Crippen LogP contribution in [0.25, 0.3) is 0 Å². The second kappa shape index (κ2) is 10.3. The lowest BCUT2D eigenvalue weighted by Gasteiger charge is -2.34. The summed E-state index contributed by atoms with van der Waals surface area (Å²) >= 11 is 4.89. The van der Waals surface area contributed by atoms with Gasteiger partial charge in [0, 0.05) is 18.2 Å². The van der Waals surface area contributed by atoms with E-state index in [0.29, 0.717) is 12.2 Å². The number of carbonyl (C=O) groups excluding carboxylic acids is 2. The fourth-order valence-electron chi connectivity index (χ4n) is 3.18. The van der Waals surface area contributed by atoms with E-state index in [4.69, 9.17) is 9.47 Å². The molecule has 0 amide bonds. The van der Waals surface area contributed by atoms with Crippen molar-refractivity contribution in [3.8, 4) is 5.75 Å². The lowest BCUT2D eigenvalue weighted by Crippen LogP contribution is -2.39. The standard InChI is InChI=1S/C23H35BrO4S/c1-16(25)29-15-22(5,6)13-10-14-23(7,20(26)28-21(2,3)4)17-11-9-12-18(24)19(17)27-8/h9,11-12H,10,13-15H2,1-8H3. The number of para-hydroxylation sites is 1. The smallest absolute Gasteiger partial charge is 0.316 e. The summed E-state index contributed by atoms with van der Waals surface area (Å²) in [4.78, 5) is 24.6. The lowest BCUT2D eigenvalue weighted by molar-refractivity contribution is -0.162. The average Bonchev–Trinajstić information content (AvgIpc) is 2.58. The normalized spacial score (nSPS) is 14.2. The van der Waals surface area contributed by atoms with E-state index in [2.05, 4.69) is 29.8 Å². The Bertz CT molecular complexity index is 724. The van der Waals surface area contributed by atoms with Crippen molar-refractivity contribution < 1.29 is 19.1 Å². The van der Waals surface area contributed by atoms with Crippen LogP contribution in [0.1, 0.15) is 73.3 Å². The summed E-state index contributed by atoms with van der Waals surface area (Å²) in [5.41, 5.74) is -0.590. The van der Waals surface area contributed by atoms with Crippen molar-refractivity contribution in [3.63, 3.8) is 0 Å².